The summed E-state index contributed by atoms with van der Waals surface area (Å²) in [5, 5.41) is 9.13. The summed E-state index contributed by atoms with van der Waals surface area (Å²) in [5.41, 5.74) is 0.334. The predicted octanol–water partition coefficient (Wildman–Crippen LogP) is 3.17. The van der Waals surface area contributed by atoms with Crippen molar-refractivity contribution in [1.82, 2.24) is 0 Å². The summed E-state index contributed by atoms with van der Waals surface area (Å²) >= 11 is 0. The van der Waals surface area contributed by atoms with Crippen LogP contribution >= 0.6 is 0 Å². The van der Waals surface area contributed by atoms with Crippen LogP contribution in [0.2, 0.25) is 0 Å². The minimum Gasteiger partial charge on any atom is -0.481 e. The van der Waals surface area contributed by atoms with E-state index in [-0.39, 0.29) is 5.92 Å². The van der Waals surface area contributed by atoms with Crippen LogP contribution in [0.5, 0.6) is 0 Å². The van der Waals surface area contributed by atoms with Gasteiger partial charge in [0, 0.05) is 0 Å². The molecule has 82 valence electrons. The molecule has 0 aromatic rings. The first-order valence-electron chi connectivity index (χ1n) is 5.56. The van der Waals surface area contributed by atoms with E-state index in [1.165, 1.54) is 0 Å². The number of hydrogen-bond acceptors (Lipinski definition) is 1. The lowest BCUT2D eigenvalue weighted by Crippen LogP contribution is -2.36. The van der Waals surface area contributed by atoms with E-state index in [2.05, 4.69) is 27.7 Å². The molecular formula is C12H22O2. The summed E-state index contributed by atoms with van der Waals surface area (Å²) in [6.45, 7) is 8.78. The molecule has 1 rings (SSSR count). The van der Waals surface area contributed by atoms with Gasteiger partial charge >= 0.3 is 5.97 Å². The quantitative estimate of drug-likeness (QED) is 0.740. The van der Waals surface area contributed by atoms with Gasteiger partial charge < -0.3 is 5.11 Å². The molecule has 1 saturated carbocycles. The average Bonchev–Trinajstić information content (AvgIpc) is 2.01. The minimum absolute atomic E-state index is 0.108. The van der Waals surface area contributed by atoms with Crippen molar-refractivity contribution >= 4 is 5.97 Å². The fourth-order valence-electron chi connectivity index (χ4n) is 2.65. The van der Waals surface area contributed by atoms with E-state index in [9.17, 15) is 4.79 Å². The number of carbonyl (C=O) groups is 1. The fraction of sp³-hybridized carbons (Fsp3) is 0.917. The van der Waals surface area contributed by atoms with Crippen molar-refractivity contribution in [2.24, 2.45) is 23.2 Å². The van der Waals surface area contributed by atoms with Crippen molar-refractivity contribution < 1.29 is 9.90 Å². The molecule has 14 heavy (non-hydrogen) atoms. The highest BCUT2D eigenvalue weighted by Crippen LogP contribution is 2.44. The zero-order valence-corrected chi connectivity index (χ0v) is 9.71. The first-order chi connectivity index (χ1) is 6.33. The SMILES string of the molecule is CC(C)C1CC(C)(C)CCC1C(=O)O. The third-order valence-corrected chi connectivity index (χ3v) is 3.61. The van der Waals surface area contributed by atoms with Crippen LogP contribution in [0.3, 0.4) is 0 Å². The normalized spacial score (nSPS) is 31.8. The topological polar surface area (TPSA) is 37.3 Å². The van der Waals surface area contributed by atoms with Crippen LogP contribution in [0.4, 0.5) is 0 Å². The van der Waals surface area contributed by atoms with Gasteiger partial charge in [-0.25, -0.2) is 0 Å². The highest BCUT2D eigenvalue weighted by molar-refractivity contribution is 5.70. The third kappa shape index (κ3) is 2.49. The number of aliphatic carboxylic acids is 1. The highest BCUT2D eigenvalue weighted by Gasteiger charge is 2.39. The molecule has 2 atom stereocenters. The lowest BCUT2D eigenvalue weighted by atomic mass is 9.64. The first kappa shape index (κ1) is 11.5. The Morgan fingerprint density at radius 3 is 2.43 bits per heavy atom. The van der Waals surface area contributed by atoms with E-state index >= 15 is 0 Å². The Hall–Kier alpha value is -0.530. The molecule has 2 heteroatoms. The van der Waals surface area contributed by atoms with Gasteiger partial charge in [0.1, 0.15) is 0 Å². The van der Waals surface area contributed by atoms with Crippen LogP contribution in [0.1, 0.15) is 47.0 Å². The molecular weight excluding hydrogens is 176 g/mol. The van der Waals surface area contributed by atoms with Gasteiger partial charge in [0.2, 0.25) is 0 Å². The Bertz CT molecular complexity index is 218. The number of hydrogen-bond donors (Lipinski definition) is 1. The maximum atomic E-state index is 11.1. The zero-order valence-electron chi connectivity index (χ0n) is 9.71. The average molecular weight is 198 g/mol. The Morgan fingerprint density at radius 2 is 2.00 bits per heavy atom. The molecule has 0 aromatic heterocycles. The summed E-state index contributed by atoms with van der Waals surface area (Å²) in [7, 11) is 0. The van der Waals surface area contributed by atoms with Crippen LogP contribution in [0.15, 0.2) is 0 Å². The number of carboxylic acids is 1. The Kier molecular flexibility index (Phi) is 3.23. The van der Waals surface area contributed by atoms with E-state index in [0.29, 0.717) is 17.3 Å². The Morgan fingerprint density at radius 1 is 1.43 bits per heavy atom. The van der Waals surface area contributed by atoms with Crippen molar-refractivity contribution in [1.29, 1.82) is 0 Å². The molecule has 1 fully saturated rings. The number of carboxylic acid groups (broad SMARTS) is 1. The summed E-state index contributed by atoms with van der Waals surface area (Å²) in [6, 6.07) is 0. The second kappa shape index (κ2) is 3.92. The molecule has 1 aliphatic carbocycles. The monoisotopic (exact) mass is 198 g/mol. The molecule has 0 amide bonds. The lowest BCUT2D eigenvalue weighted by molar-refractivity contribution is -0.147. The Labute approximate surface area is 86.7 Å². The molecule has 0 bridgehead atoms. The molecule has 0 saturated heterocycles. The Balaban J connectivity index is 2.76. The molecule has 0 spiro atoms. The van der Waals surface area contributed by atoms with E-state index in [0.717, 1.165) is 19.3 Å². The van der Waals surface area contributed by atoms with Gasteiger partial charge in [-0.15, -0.1) is 0 Å². The number of rotatable bonds is 2. The zero-order chi connectivity index (χ0) is 10.9. The molecule has 0 aromatic carbocycles. The molecule has 0 aliphatic heterocycles. The van der Waals surface area contributed by atoms with E-state index in [1.807, 2.05) is 0 Å². The van der Waals surface area contributed by atoms with Crippen molar-refractivity contribution in [3.05, 3.63) is 0 Å². The van der Waals surface area contributed by atoms with Gasteiger partial charge in [-0.05, 0) is 36.5 Å². The molecule has 0 radical (unpaired) electrons. The largest absolute Gasteiger partial charge is 0.481 e. The smallest absolute Gasteiger partial charge is 0.306 e. The van der Waals surface area contributed by atoms with Crippen molar-refractivity contribution in [2.45, 2.75) is 47.0 Å². The first-order valence-corrected chi connectivity index (χ1v) is 5.56. The van der Waals surface area contributed by atoms with Gasteiger partial charge in [-0.1, -0.05) is 27.7 Å². The lowest BCUT2D eigenvalue weighted by Gasteiger charge is -2.41. The molecule has 1 N–H and O–H groups in total. The van der Waals surface area contributed by atoms with Crippen LogP contribution in [-0.2, 0) is 4.79 Å². The maximum absolute atomic E-state index is 11.1. The second-order valence-corrected chi connectivity index (χ2v) is 5.76. The molecule has 2 nitrogen and oxygen atoms in total. The van der Waals surface area contributed by atoms with E-state index < -0.39 is 5.97 Å². The summed E-state index contributed by atoms with van der Waals surface area (Å²) in [5.74, 6) is 0.133. The van der Waals surface area contributed by atoms with Crippen molar-refractivity contribution in [3.63, 3.8) is 0 Å². The van der Waals surface area contributed by atoms with E-state index in [4.69, 9.17) is 5.11 Å². The molecule has 0 heterocycles. The van der Waals surface area contributed by atoms with Crippen molar-refractivity contribution in [3.8, 4) is 0 Å². The van der Waals surface area contributed by atoms with Gasteiger partial charge in [0.15, 0.2) is 0 Å². The predicted molar refractivity (Wildman–Crippen MR) is 57.1 cm³/mol. The van der Waals surface area contributed by atoms with Crippen LogP contribution in [-0.4, -0.2) is 11.1 Å². The fourth-order valence-corrected chi connectivity index (χ4v) is 2.65. The minimum atomic E-state index is -0.598. The molecule has 1 aliphatic rings. The van der Waals surface area contributed by atoms with Crippen LogP contribution in [0.25, 0.3) is 0 Å². The second-order valence-electron chi connectivity index (χ2n) is 5.76. The standard InChI is InChI=1S/C12H22O2/c1-8(2)10-7-12(3,4)6-5-9(10)11(13)14/h8-10H,5-7H2,1-4H3,(H,13,14). The van der Waals surface area contributed by atoms with Gasteiger partial charge in [0.05, 0.1) is 5.92 Å². The maximum Gasteiger partial charge on any atom is 0.306 e. The summed E-state index contributed by atoms with van der Waals surface area (Å²) < 4.78 is 0. The van der Waals surface area contributed by atoms with Crippen LogP contribution in [0, 0.1) is 23.2 Å². The van der Waals surface area contributed by atoms with Gasteiger partial charge in [-0.3, -0.25) is 4.79 Å². The van der Waals surface area contributed by atoms with Crippen LogP contribution < -0.4 is 0 Å². The molecule has 2 unspecified atom stereocenters. The summed E-state index contributed by atoms with van der Waals surface area (Å²) in [4.78, 5) is 11.1. The van der Waals surface area contributed by atoms with Crippen molar-refractivity contribution in [2.75, 3.05) is 0 Å². The highest BCUT2D eigenvalue weighted by atomic mass is 16.4. The van der Waals surface area contributed by atoms with E-state index in [1.54, 1.807) is 0 Å². The van der Waals surface area contributed by atoms with Gasteiger partial charge in [-0.2, -0.15) is 0 Å². The third-order valence-electron chi connectivity index (χ3n) is 3.61. The van der Waals surface area contributed by atoms with Gasteiger partial charge in [0.25, 0.3) is 0 Å². The summed E-state index contributed by atoms with van der Waals surface area (Å²) in [6.07, 6.45) is 2.96.